The number of aliphatic hydroxyl groups excluding tert-OH is 1. The summed E-state index contributed by atoms with van der Waals surface area (Å²) in [4.78, 5) is 8.24. The standard InChI is InChI=1S/C10H14FN.C9H14N2.C2H6.CH4O/c1-8-4-5-10(11)6-9(8)7-12(2)3;1-8-4-5-10-6-9(8)7-11(2)3;2*1-2/h4-6H,7H2,1-3H3;4-6H,7H2,1-3H3;1-2H3;2H,1H3. The Hall–Kier alpha value is -1.82. The van der Waals surface area contributed by atoms with Gasteiger partial charge in [0.2, 0.25) is 0 Å². The Bertz CT molecular complexity index is 616. The summed E-state index contributed by atoms with van der Waals surface area (Å²) < 4.78 is 12.8. The quantitative estimate of drug-likeness (QED) is 0.861. The summed E-state index contributed by atoms with van der Waals surface area (Å²) in [5.74, 6) is -0.155. The first kappa shape index (κ1) is 27.4. The number of benzene rings is 1. The lowest BCUT2D eigenvalue weighted by Crippen LogP contribution is -2.11. The fourth-order valence-corrected chi connectivity index (χ4v) is 2.15. The van der Waals surface area contributed by atoms with Crippen LogP contribution in [0.5, 0.6) is 0 Å². The number of hydrogen-bond acceptors (Lipinski definition) is 4. The zero-order valence-corrected chi connectivity index (χ0v) is 18.5. The number of nitrogens with zero attached hydrogens (tertiary/aromatic N) is 3. The molecule has 0 spiro atoms. The lowest BCUT2D eigenvalue weighted by Gasteiger charge is -2.11. The molecule has 1 heterocycles. The Morgan fingerprint density at radius 2 is 1.33 bits per heavy atom. The smallest absolute Gasteiger partial charge is 0.123 e. The zero-order valence-electron chi connectivity index (χ0n) is 18.5. The monoisotopic (exact) mass is 379 g/mol. The van der Waals surface area contributed by atoms with Crippen molar-refractivity contribution in [2.45, 2.75) is 40.8 Å². The van der Waals surface area contributed by atoms with Gasteiger partial charge in [-0.1, -0.05) is 19.9 Å². The summed E-state index contributed by atoms with van der Waals surface area (Å²) in [6, 6.07) is 6.94. The van der Waals surface area contributed by atoms with Crippen molar-refractivity contribution in [1.82, 2.24) is 14.8 Å². The highest BCUT2D eigenvalue weighted by molar-refractivity contribution is 5.26. The number of aliphatic hydroxyl groups is 1. The third kappa shape index (κ3) is 13.1. The second-order valence-corrected chi connectivity index (χ2v) is 6.35. The first-order valence-electron chi connectivity index (χ1n) is 9.18. The maximum Gasteiger partial charge on any atom is 0.123 e. The number of aromatic nitrogens is 1. The van der Waals surface area contributed by atoms with E-state index in [0.717, 1.165) is 31.3 Å². The number of halogens is 1. The molecule has 0 fully saturated rings. The summed E-state index contributed by atoms with van der Waals surface area (Å²) in [6.45, 7) is 9.88. The number of rotatable bonds is 4. The van der Waals surface area contributed by atoms with E-state index in [9.17, 15) is 4.39 Å². The van der Waals surface area contributed by atoms with Crippen molar-refractivity contribution in [2.24, 2.45) is 0 Å². The summed E-state index contributed by atoms with van der Waals surface area (Å²) in [6.07, 6.45) is 3.75. The maximum absolute atomic E-state index is 12.8. The van der Waals surface area contributed by atoms with E-state index in [1.807, 2.05) is 64.3 Å². The minimum atomic E-state index is -0.155. The highest BCUT2D eigenvalue weighted by Gasteiger charge is 2.00. The molecule has 0 atom stereocenters. The molecule has 0 amide bonds. The topological polar surface area (TPSA) is 39.6 Å². The van der Waals surface area contributed by atoms with Crippen molar-refractivity contribution < 1.29 is 9.50 Å². The second-order valence-electron chi connectivity index (χ2n) is 6.35. The average molecular weight is 380 g/mol. The first-order valence-corrected chi connectivity index (χ1v) is 9.18. The zero-order chi connectivity index (χ0) is 21.4. The lowest BCUT2D eigenvalue weighted by molar-refractivity contribution is 0.399. The van der Waals surface area contributed by atoms with Gasteiger partial charge in [0.25, 0.3) is 0 Å². The first-order chi connectivity index (χ1) is 12.8. The Morgan fingerprint density at radius 3 is 1.81 bits per heavy atom. The molecular weight excluding hydrogens is 341 g/mol. The molecule has 1 N–H and O–H groups in total. The minimum absolute atomic E-state index is 0.155. The van der Waals surface area contributed by atoms with Gasteiger partial charge in [-0.15, -0.1) is 0 Å². The van der Waals surface area contributed by atoms with Gasteiger partial charge in [0.1, 0.15) is 5.82 Å². The third-order valence-electron chi connectivity index (χ3n) is 3.43. The molecule has 154 valence electrons. The van der Waals surface area contributed by atoms with Crippen LogP contribution in [0.2, 0.25) is 0 Å². The summed E-state index contributed by atoms with van der Waals surface area (Å²) in [5, 5.41) is 7.00. The van der Waals surface area contributed by atoms with Crippen molar-refractivity contribution in [3.05, 3.63) is 64.7 Å². The molecule has 0 aliphatic heterocycles. The molecule has 5 heteroatoms. The van der Waals surface area contributed by atoms with E-state index < -0.39 is 0 Å². The lowest BCUT2D eigenvalue weighted by atomic mass is 10.1. The van der Waals surface area contributed by atoms with Crippen LogP contribution < -0.4 is 0 Å². The van der Waals surface area contributed by atoms with E-state index >= 15 is 0 Å². The molecule has 0 bridgehead atoms. The van der Waals surface area contributed by atoms with E-state index in [1.54, 1.807) is 6.07 Å². The highest BCUT2D eigenvalue weighted by Crippen LogP contribution is 2.11. The van der Waals surface area contributed by atoms with E-state index in [1.165, 1.54) is 17.2 Å². The van der Waals surface area contributed by atoms with Gasteiger partial charge in [-0.25, -0.2) is 4.39 Å². The van der Waals surface area contributed by atoms with Gasteiger partial charge in [0.05, 0.1) is 0 Å². The van der Waals surface area contributed by atoms with Crippen LogP contribution in [0, 0.1) is 19.7 Å². The number of aryl methyl sites for hydroxylation is 2. The highest BCUT2D eigenvalue weighted by atomic mass is 19.1. The van der Waals surface area contributed by atoms with Crippen LogP contribution in [0.15, 0.2) is 36.7 Å². The molecule has 27 heavy (non-hydrogen) atoms. The molecule has 1 aromatic carbocycles. The molecule has 1 aromatic heterocycles. The summed E-state index contributed by atoms with van der Waals surface area (Å²) in [5.41, 5.74) is 4.82. The van der Waals surface area contributed by atoms with Crippen LogP contribution in [0.4, 0.5) is 4.39 Å². The summed E-state index contributed by atoms with van der Waals surface area (Å²) >= 11 is 0. The van der Waals surface area contributed by atoms with Crippen LogP contribution in [0.25, 0.3) is 0 Å². The normalized spacial score (nSPS) is 9.52. The molecule has 0 aliphatic rings. The minimum Gasteiger partial charge on any atom is -0.400 e. The van der Waals surface area contributed by atoms with Crippen molar-refractivity contribution >= 4 is 0 Å². The van der Waals surface area contributed by atoms with E-state index in [2.05, 4.69) is 30.9 Å². The van der Waals surface area contributed by atoms with Gasteiger partial charge in [-0.2, -0.15) is 0 Å². The molecule has 0 radical (unpaired) electrons. The average Bonchev–Trinajstić information content (AvgIpc) is 2.63. The van der Waals surface area contributed by atoms with Gasteiger partial charge in [-0.3, -0.25) is 4.98 Å². The fraction of sp³-hybridized carbons (Fsp3) is 0.500. The Labute approximate surface area is 165 Å². The van der Waals surface area contributed by atoms with Crippen LogP contribution in [-0.4, -0.2) is 55.2 Å². The van der Waals surface area contributed by atoms with Crippen molar-refractivity contribution in [2.75, 3.05) is 35.3 Å². The predicted molar refractivity (Wildman–Crippen MR) is 114 cm³/mol. The fourth-order valence-electron chi connectivity index (χ4n) is 2.15. The van der Waals surface area contributed by atoms with E-state index in [4.69, 9.17) is 5.11 Å². The van der Waals surface area contributed by atoms with E-state index in [0.29, 0.717) is 0 Å². The van der Waals surface area contributed by atoms with Crippen LogP contribution in [0.1, 0.15) is 36.1 Å². The van der Waals surface area contributed by atoms with Gasteiger partial charge < -0.3 is 14.9 Å². The molecule has 2 rings (SSSR count). The Kier molecular flexibility index (Phi) is 16.6. The molecule has 4 nitrogen and oxygen atoms in total. The van der Waals surface area contributed by atoms with Crippen LogP contribution in [-0.2, 0) is 13.1 Å². The Morgan fingerprint density at radius 1 is 0.852 bits per heavy atom. The van der Waals surface area contributed by atoms with Gasteiger partial charge in [0.15, 0.2) is 0 Å². The molecule has 2 aromatic rings. The second kappa shape index (κ2) is 16.4. The molecule has 0 aliphatic carbocycles. The van der Waals surface area contributed by atoms with Crippen LogP contribution in [0.3, 0.4) is 0 Å². The van der Waals surface area contributed by atoms with Gasteiger partial charge >= 0.3 is 0 Å². The van der Waals surface area contributed by atoms with Gasteiger partial charge in [-0.05, 0) is 82.5 Å². The van der Waals surface area contributed by atoms with Crippen molar-refractivity contribution in [1.29, 1.82) is 0 Å². The molecule has 0 saturated heterocycles. The maximum atomic E-state index is 12.8. The number of hydrogen-bond donors (Lipinski definition) is 1. The van der Waals surface area contributed by atoms with Crippen molar-refractivity contribution in [3.8, 4) is 0 Å². The van der Waals surface area contributed by atoms with E-state index in [-0.39, 0.29) is 5.82 Å². The summed E-state index contributed by atoms with van der Waals surface area (Å²) in [7, 11) is 9.08. The van der Waals surface area contributed by atoms with Crippen molar-refractivity contribution in [3.63, 3.8) is 0 Å². The number of pyridine rings is 1. The van der Waals surface area contributed by atoms with Gasteiger partial charge in [0, 0.05) is 32.6 Å². The Balaban J connectivity index is 0. The predicted octanol–water partition coefficient (Wildman–Crippen LogP) is 4.28. The SMILES string of the molecule is CC.CO.Cc1ccc(F)cc1CN(C)C.Cc1ccncc1CN(C)C. The third-order valence-corrected chi connectivity index (χ3v) is 3.43. The molecule has 0 unspecified atom stereocenters. The molecule has 0 saturated carbocycles. The largest absolute Gasteiger partial charge is 0.400 e. The molecular formula is C22H38FN3O. The van der Waals surface area contributed by atoms with Crippen LogP contribution >= 0.6 is 0 Å².